The zero-order chi connectivity index (χ0) is 59.2. The highest BCUT2D eigenvalue weighted by atomic mass is 16.6. The monoisotopic (exact) mass is 1150 g/mol. The fraction of sp³-hybridized carbons (Fsp3) is 0.908. The molecule has 0 aromatic heterocycles. The third-order valence-electron chi connectivity index (χ3n) is 17.2. The lowest BCUT2D eigenvalue weighted by Crippen LogP contribution is -2.30. The summed E-state index contributed by atoms with van der Waals surface area (Å²) in [5.41, 5.74) is 0. The largest absolute Gasteiger partial charge is 0.462 e. The lowest BCUT2D eigenvalue weighted by atomic mass is 10.0. The minimum absolute atomic E-state index is 0.0626. The van der Waals surface area contributed by atoms with Crippen molar-refractivity contribution < 1.29 is 28.6 Å². The molecule has 1 unspecified atom stereocenters. The first kappa shape index (κ1) is 79.9. The van der Waals surface area contributed by atoms with Crippen LogP contribution in [0.4, 0.5) is 0 Å². The zero-order valence-corrected chi connectivity index (χ0v) is 55.8. The van der Waals surface area contributed by atoms with E-state index in [2.05, 4.69) is 45.1 Å². The molecule has 0 aromatic rings. The molecule has 1 atom stereocenters. The van der Waals surface area contributed by atoms with Crippen molar-refractivity contribution in [2.75, 3.05) is 13.2 Å². The molecule has 0 saturated carbocycles. The van der Waals surface area contributed by atoms with Gasteiger partial charge in [0, 0.05) is 19.3 Å². The highest BCUT2D eigenvalue weighted by Gasteiger charge is 2.20. The van der Waals surface area contributed by atoms with Crippen LogP contribution in [0.1, 0.15) is 425 Å². The Morgan fingerprint density at radius 3 is 0.671 bits per heavy atom. The lowest BCUT2D eigenvalue weighted by molar-refractivity contribution is -0.167. The molecule has 82 heavy (non-hydrogen) atoms. The summed E-state index contributed by atoms with van der Waals surface area (Å²) in [7, 11) is 0. The molecule has 0 saturated heterocycles. The molecule has 6 nitrogen and oxygen atoms in total. The van der Waals surface area contributed by atoms with Gasteiger partial charge in [-0.25, -0.2) is 0 Å². The molecule has 0 aromatic carbocycles. The van der Waals surface area contributed by atoms with Crippen LogP contribution in [-0.4, -0.2) is 37.2 Å². The second-order valence-electron chi connectivity index (χ2n) is 25.6. The quantitative estimate of drug-likeness (QED) is 0.0261. The van der Waals surface area contributed by atoms with Crippen molar-refractivity contribution >= 4 is 17.9 Å². The van der Waals surface area contributed by atoms with Crippen LogP contribution in [0.3, 0.4) is 0 Å². The Hall–Kier alpha value is -2.11. The highest BCUT2D eigenvalue weighted by Crippen LogP contribution is 2.19. The van der Waals surface area contributed by atoms with Crippen LogP contribution in [0.15, 0.2) is 24.3 Å². The van der Waals surface area contributed by atoms with Gasteiger partial charge >= 0.3 is 17.9 Å². The summed E-state index contributed by atoms with van der Waals surface area (Å²) in [5, 5.41) is 0. The minimum atomic E-state index is -0.765. The molecule has 0 heterocycles. The van der Waals surface area contributed by atoms with Gasteiger partial charge in [-0.15, -0.1) is 0 Å². The maximum Gasteiger partial charge on any atom is 0.306 e. The van der Waals surface area contributed by atoms with E-state index in [4.69, 9.17) is 14.2 Å². The van der Waals surface area contributed by atoms with Gasteiger partial charge in [-0.3, -0.25) is 14.4 Å². The van der Waals surface area contributed by atoms with Gasteiger partial charge in [-0.05, 0) is 51.4 Å². The zero-order valence-electron chi connectivity index (χ0n) is 55.8. The second-order valence-corrected chi connectivity index (χ2v) is 25.6. The fourth-order valence-electron chi connectivity index (χ4n) is 11.6. The Balaban J connectivity index is 4.00. The molecule has 0 aliphatic carbocycles. The van der Waals surface area contributed by atoms with Crippen molar-refractivity contribution in [3.05, 3.63) is 24.3 Å². The first-order valence-corrected chi connectivity index (χ1v) is 37.3. The van der Waals surface area contributed by atoms with Gasteiger partial charge < -0.3 is 14.2 Å². The number of carbonyl (C=O) groups is 3. The number of esters is 3. The SMILES string of the molecule is CCCCCCC/C=C\C/C=C\CCCCCCCCCCCCCCCCCCCCCCCCCC(=O)OCC(COC(=O)CCCCCCCCCCCC)OC(=O)CCCCCCCCCCCCCCCCCCCCC. The number of hydrogen-bond acceptors (Lipinski definition) is 6. The van der Waals surface area contributed by atoms with Gasteiger partial charge in [-0.1, -0.05) is 379 Å². The van der Waals surface area contributed by atoms with E-state index in [1.807, 2.05) is 0 Å². The van der Waals surface area contributed by atoms with E-state index in [0.29, 0.717) is 19.3 Å². The van der Waals surface area contributed by atoms with E-state index in [-0.39, 0.29) is 31.1 Å². The third-order valence-corrected chi connectivity index (χ3v) is 17.2. The van der Waals surface area contributed by atoms with Gasteiger partial charge in [0.15, 0.2) is 6.10 Å². The first-order chi connectivity index (χ1) is 40.5. The maximum atomic E-state index is 12.9. The molecule has 0 spiro atoms. The van der Waals surface area contributed by atoms with Crippen LogP contribution >= 0.6 is 0 Å². The molecule has 0 N–H and O–H groups in total. The number of unbranched alkanes of at least 4 members (excludes halogenated alkanes) is 55. The number of hydrogen-bond donors (Lipinski definition) is 0. The number of carbonyl (C=O) groups excluding carboxylic acids is 3. The van der Waals surface area contributed by atoms with Gasteiger partial charge in [0.05, 0.1) is 0 Å². The normalized spacial score (nSPS) is 12.1. The summed E-state index contributed by atoms with van der Waals surface area (Å²) in [6.45, 7) is 6.70. The highest BCUT2D eigenvalue weighted by molar-refractivity contribution is 5.71. The second kappa shape index (κ2) is 71.4. The Labute approximate surface area is 513 Å². The average Bonchev–Trinajstić information content (AvgIpc) is 3.48. The van der Waals surface area contributed by atoms with Crippen molar-refractivity contribution in [1.29, 1.82) is 0 Å². The van der Waals surface area contributed by atoms with Crippen LogP contribution in [0.25, 0.3) is 0 Å². The van der Waals surface area contributed by atoms with E-state index < -0.39 is 6.10 Å². The molecule has 0 fully saturated rings. The molecule has 0 bridgehead atoms. The Kier molecular flexibility index (Phi) is 69.5. The molecule has 0 rings (SSSR count). The summed E-state index contributed by atoms with van der Waals surface area (Å²) in [5.74, 6) is -0.829. The topological polar surface area (TPSA) is 78.9 Å². The van der Waals surface area contributed by atoms with Crippen molar-refractivity contribution in [2.24, 2.45) is 0 Å². The number of ether oxygens (including phenoxy) is 3. The van der Waals surface area contributed by atoms with Gasteiger partial charge in [0.25, 0.3) is 0 Å². The van der Waals surface area contributed by atoms with E-state index in [0.717, 1.165) is 64.2 Å². The van der Waals surface area contributed by atoms with Crippen molar-refractivity contribution in [1.82, 2.24) is 0 Å². The molecule has 0 amide bonds. The molecule has 6 heteroatoms. The number of allylic oxidation sites excluding steroid dienone is 4. The van der Waals surface area contributed by atoms with Crippen molar-refractivity contribution in [3.63, 3.8) is 0 Å². The average molecular weight is 1150 g/mol. The lowest BCUT2D eigenvalue weighted by Gasteiger charge is -2.18. The Morgan fingerprint density at radius 1 is 0.244 bits per heavy atom. The number of rotatable bonds is 70. The first-order valence-electron chi connectivity index (χ1n) is 37.3. The summed E-state index contributed by atoms with van der Waals surface area (Å²) >= 11 is 0. The summed E-state index contributed by atoms with van der Waals surface area (Å²) in [6, 6.07) is 0. The smallest absolute Gasteiger partial charge is 0.306 e. The third kappa shape index (κ3) is 68.7. The van der Waals surface area contributed by atoms with Crippen LogP contribution in [0.2, 0.25) is 0 Å². The summed E-state index contributed by atoms with van der Waals surface area (Å²) < 4.78 is 17.0. The van der Waals surface area contributed by atoms with Gasteiger partial charge in [-0.2, -0.15) is 0 Å². The van der Waals surface area contributed by atoms with Crippen molar-refractivity contribution in [2.45, 2.75) is 431 Å². The van der Waals surface area contributed by atoms with Crippen molar-refractivity contribution in [3.8, 4) is 0 Å². The standard InChI is InChI=1S/C76H144O6/c1-4-7-10-13-16-19-22-24-26-28-30-31-32-33-34-35-36-37-38-39-40-41-42-43-44-45-47-48-50-52-54-57-60-63-66-69-75(78)81-72-73(71-80-74(77)68-65-62-59-56-21-18-15-12-9-6-3)82-76(79)70-67-64-61-58-55-53-51-49-46-29-27-25-23-20-17-14-11-8-5-2/h22,24,28,30,73H,4-21,23,25-27,29,31-72H2,1-3H3/b24-22-,30-28-. The van der Waals surface area contributed by atoms with E-state index in [1.54, 1.807) is 0 Å². The summed E-state index contributed by atoms with van der Waals surface area (Å²) in [6.07, 6.45) is 88.2. The van der Waals surface area contributed by atoms with Crippen LogP contribution < -0.4 is 0 Å². The Bertz CT molecular complexity index is 1320. The molecular weight excluding hydrogens is 1010 g/mol. The maximum absolute atomic E-state index is 12.9. The Morgan fingerprint density at radius 2 is 0.439 bits per heavy atom. The summed E-state index contributed by atoms with van der Waals surface area (Å²) in [4.78, 5) is 38.3. The predicted molar refractivity (Wildman–Crippen MR) is 358 cm³/mol. The molecule has 0 aliphatic heterocycles. The molecular formula is C76H144O6. The van der Waals surface area contributed by atoms with E-state index >= 15 is 0 Å². The molecule has 0 aliphatic rings. The van der Waals surface area contributed by atoms with Gasteiger partial charge in [0.1, 0.15) is 13.2 Å². The van der Waals surface area contributed by atoms with Crippen LogP contribution in [-0.2, 0) is 28.6 Å². The fourth-order valence-corrected chi connectivity index (χ4v) is 11.6. The molecule has 484 valence electrons. The van der Waals surface area contributed by atoms with E-state index in [1.165, 1.54) is 321 Å². The predicted octanol–water partition coefficient (Wildman–Crippen LogP) is 25.7. The van der Waals surface area contributed by atoms with Crippen LogP contribution in [0, 0.1) is 0 Å². The van der Waals surface area contributed by atoms with E-state index in [9.17, 15) is 14.4 Å². The van der Waals surface area contributed by atoms with Crippen LogP contribution in [0.5, 0.6) is 0 Å². The van der Waals surface area contributed by atoms with Gasteiger partial charge in [0.2, 0.25) is 0 Å². The molecule has 0 radical (unpaired) electrons. The minimum Gasteiger partial charge on any atom is -0.462 e.